The summed E-state index contributed by atoms with van der Waals surface area (Å²) >= 11 is 1.56. The molecule has 0 saturated carbocycles. The molecule has 0 aliphatic carbocycles. The maximum Gasteiger partial charge on any atom is 0.338 e. The number of carboxylic acid groups (broad SMARTS) is 1. The molecule has 3 N–H and O–H groups in total. The smallest absolute Gasteiger partial charge is 0.338 e. The van der Waals surface area contributed by atoms with Crippen LogP contribution in [0.25, 0.3) is 32.6 Å². The number of hydrazine groups is 1. The first kappa shape index (κ1) is 22.2. The average Bonchev–Trinajstić information content (AvgIpc) is 3.30. The zero-order valence-electron chi connectivity index (χ0n) is 18.4. The van der Waals surface area contributed by atoms with E-state index in [9.17, 15) is 9.59 Å². The Morgan fingerprint density at radius 1 is 1.03 bits per heavy atom. The van der Waals surface area contributed by atoms with Crippen LogP contribution in [0.15, 0.2) is 77.5 Å². The average molecular weight is 485 g/mol. The Morgan fingerprint density at radius 2 is 1.80 bits per heavy atom. The van der Waals surface area contributed by atoms with Gasteiger partial charge in [-0.15, -0.1) is 11.3 Å². The number of aliphatic imine (C=N–C) groups is 1. The zero-order chi connectivity index (χ0) is 24.2. The number of carboxylic acids is 1. The minimum atomic E-state index is -0.855. The third-order valence-electron chi connectivity index (χ3n) is 5.33. The summed E-state index contributed by atoms with van der Waals surface area (Å²) in [6, 6.07) is 14.6. The molecule has 1 aliphatic heterocycles. The van der Waals surface area contributed by atoms with Gasteiger partial charge in [0, 0.05) is 34.6 Å². The van der Waals surface area contributed by atoms with E-state index in [0.29, 0.717) is 12.4 Å². The van der Waals surface area contributed by atoms with Gasteiger partial charge in [0.1, 0.15) is 13.0 Å². The number of nitrogens with one attached hydrogen (secondary N) is 2. The van der Waals surface area contributed by atoms with E-state index >= 15 is 0 Å². The van der Waals surface area contributed by atoms with Crippen LogP contribution >= 0.6 is 11.3 Å². The van der Waals surface area contributed by atoms with Crippen molar-refractivity contribution in [3.8, 4) is 22.4 Å². The van der Waals surface area contributed by atoms with Gasteiger partial charge in [0.05, 0.1) is 22.3 Å². The van der Waals surface area contributed by atoms with Crippen molar-refractivity contribution in [3.05, 3.63) is 78.1 Å². The first-order valence-corrected chi connectivity index (χ1v) is 11.6. The molecule has 9 nitrogen and oxygen atoms in total. The summed E-state index contributed by atoms with van der Waals surface area (Å²) in [7, 11) is 0. The molecule has 2 aromatic heterocycles. The number of fused-ring (bicyclic) bond motifs is 1. The lowest BCUT2D eigenvalue weighted by Gasteiger charge is -2.20. The highest BCUT2D eigenvalue weighted by Gasteiger charge is 2.14. The molecular weight excluding hydrogens is 464 g/mol. The maximum absolute atomic E-state index is 12.2. The van der Waals surface area contributed by atoms with E-state index in [0.717, 1.165) is 38.2 Å². The normalized spacial score (nSPS) is 12.6. The van der Waals surface area contributed by atoms with Crippen LogP contribution in [0, 0.1) is 0 Å². The van der Waals surface area contributed by atoms with E-state index in [1.165, 1.54) is 0 Å². The van der Waals surface area contributed by atoms with Gasteiger partial charge in [0.2, 0.25) is 0 Å². The molecule has 10 heteroatoms. The number of aromatic nitrogens is 2. The van der Waals surface area contributed by atoms with Crippen molar-refractivity contribution in [2.24, 2.45) is 4.99 Å². The Kier molecular flexibility index (Phi) is 6.18. The van der Waals surface area contributed by atoms with Crippen molar-refractivity contribution >= 4 is 45.5 Å². The number of nitrogens with zero attached hydrogens (tertiary/aromatic N) is 4. The van der Waals surface area contributed by atoms with Gasteiger partial charge in [-0.3, -0.25) is 14.8 Å². The predicted octanol–water partition coefficient (Wildman–Crippen LogP) is 4.55. The second-order valence-corrected chi connectivity index (χ2v) is 8.62. The summed E-state index contributed by atoms with van der Waals surface area (Å²) in [4.78, 5) is 36.2. The second kappa shape index (κ2) is 9.74. The van der Waals surface area contributed by atoms with Crippen LogP contribution in [0.2, 0.25) is 0 Å². The number of aliphatic carboxylic acids is 1. The highest BCUT2D eigenvalue weighted by molar-refractivity contribution is 7.18. The van der Waals surface area contributed by atoms with Crippen LogP contribution in [0.1, 0.15) is 5.56 Å². The summed E-state index contributed by atoms with van der Waals surface area (Å²) in [5.41, 5.74) is 8.59. The first-order chi connectivity index (χ1) is 17.1. The van der Waals surface area contributed by atoms with Gasteiger partial charge in [-0.25, -0.2) is 20.2 Å². The molecule has 1 aliphatic rings. The Bertz CT molecular complexity index is 1440. The lowest BCUT2D eigenvalue weighted by atomic mass is 10.0. The number of carbonyl (C=O) groups is 2. The number of urea groups is 1. The van der Waals surface area contributed by atoms with Crippen LogP contribution in [-0.4, -0.2) is 45.0 Å². The molecule has 35 heavy (non-hydrogen) atoms. The Balaban J connectivity index is 1.34. The maximum atomic E-state index is 12.2. The zero-order valence-corrected chi connectivity index (χ0v) is 19.2. The van der Waals surface area contributed by atoms with Crippen molar-refractivity contribution in [3.63, 3.8) is 0 Å². The molecule has 2 amide bonds. The molecule has 0 spiro atoms. The lowest BCUT2D eigenvalue weighted by molar-refractivity contribution is -0.136. The molecule has 0 radical (unpaired) electrons. The van der Waals surface area contributed by atoms with E-state index in [2.05, 4.69) is 25.7 Å². The number of amides is 2. The largest absolute Gasteiger partial charge is 0.481 e. The second-order valence-electron chi connectivity index (χ2n) is 7.74. The summed E-state index contributed by atoms with van der Waals surface area (Å²) < 4.78 is 0.952. The number of carbonyl (C=O) groups excluding carboxylic acids is 1. The van der Waals surface area contributed by atoms with Gasteiger partial charge in [-0.05, 0) is 29.3 Å². The van der Waals surface area contributed by atoms with Crippen molar-refractivity contribution in [1.82, 2.24) is 20.4 Å². The summed E-state index contributed by atoms with van der Waals surface area (Å²) in [6.45, 7) is 0.363. The summed E-state index contributed by atoms with van der Waals surface area (Å²) in [5.74, 6) is -0.855. The number of hydrogen-bond acceptors (Lipinski definition) is 7. The molecule has 0 fully saturated rings. The fourth-order valence-corrected chi connectivity index (χ4v) is 4.74. The lowest BCUT2D eigenvalue weighted by Crippen LogP contribution is -2.41. The standard InChI is InChI=1S/C25H20N6O3S/c32-21(33)12-16-2-4-17(5-3-16)20-13-35-24-22(27-14-28-23(20)24)18-6-8-19(9-7-18)29-25(34)30-31-11-1-10-26-15-31/h1-11,13-14H,12,15H2,(H,32,33)(H2,29,30,34). The molecule has 3 heterocycles. The monoisotopic (exact) mass is 484 g/mol. The minimum Gasteiger partial charge on any atom is -0.481 e. The molecule has 5 rings (SSSR count). The molecule has 4 aromatic rings. The van der Waals surface area contributed by atoms with E-state index in [1.807, 2.05) is 53.9 Å². The third-order valence-corrected chi connectivity index (χ3v) is 6.30. The van der Waals surface area contributed by atoms with Gasteiger partial charge in [0.25, 0.3) is 0 Å². The van der Waals surface area contributed by atoms with E-state index in [-0.39, 0.29) is 12.5 Å². The number of thiophene rings is 1. The molecule has 174 valence electrons. The number of allylic oxidation sites excluding steroid dienone is 1. The van der Waals surface area contributed by atoms with Crippen LogP contribution in [-0.2, 0) is 11.2 Å². The SMILES string of the molecule is O=C(O)Cc1ccc(-c2csc3c(-c4ccc(NC(=O)NN5C=CC=NC5)cc4)ncnc23)cc1. The van der Waals surface area contributed by atoms with Gasteiger partial charge in [0.15, 0.2) is 0 Å². The summed E-state index contributed by atoms with van der Waals surface area (Å²) in [6.07, 6.45) is 6.68. The summed E-state index contributed by atoms with van der Waals surface area (Å²) in [5, 5.41) is 15.4. The Morgan fingerprint density at radius 3 is 2.51 bits per heavy atom. The van der Waals surface area contributed by atoms with Gasteiger partial charge >= 0.3 is 12.0 Å². The Labute approximate surface area is 204 Å². The number of anilines is 1. The van der Waals surface area contributed by atoms with Gasteiger partial charge in [-0.1, -0.05) is 36.4 Å². The van der Waals surface area contributed by atoms with Crippen molar-refractivity contribution < 1.29 is 14.7 Å². The van der Waals surface area contributed by atoms with Crippen molar-refractivity contribution in [2.45, 2.75) is 6.42 Å². The van der Waals surface area contributed by atoms with Crippen LogP contribution in [0.5, 0.6) is 0 Å². The molecule has 0 atom stereocenters. The highest BCUT2D eigenvalue weighted by atomic mass is 32.1. The minimum absolute atomic E-state index is 0.00660. The number of rotatable bonds is 6. The molecule has 0 unspecified atom stereocenters. The van der Waals surface area contributed by atoms with Crippen molar-refractivity contribution in [2.75, 3.05) is 12.0 Å². The molecule has 0 bridgehead atoms. The first-order valence-electron chi connectivity index (χ1n) is 10.7. The van der Waals surface area contributed by atoms with Gasteiger partial charge < -0.3 is 10.4 Å². The fraction of sp³-hybridized carbons (Fsp3) is 0.0800. The Hall–Kier alpha value is -4.57. The van der Waals surface area contributed by atoms with Crippen LogP contribution < -0.4 is 10.7 Å². The van der Waals surface area contributed by atoms with E-state index in [1.54, 1.807) is 41.2 Å². The quantitative estimate of drug-likeness (QED) is 0.369. The van der Waals surface area contributed by atoms with Crippen LogP contribution in [0.3, 0.4) is 0 Å². The molecule has 2 aromatic carbocycles. The molecule has 0 saturated heterocycles. The predicted molar refractivity (Wildman–Crippen MR) is 136 cm³/mol. The van der Waals surface area contributed by atoms with E-state index in [4.69, 9.17) is 5.11 Å². The van der Waals surface area contributed by atoms with Crippen LogP contribution in [0.4, 0.5) is 10.5 Å². The third kappa shape index (κ3) is 5.02. The van der Waals surface area contributed by atoms with E-state index < -0.39 is 5.97 Å². The number of hydrogen-bond donors (Lipinski definition) is 3. The number of benzene rings is 2. The van der Waals surface area contributed by atoms with Gasteiger partial charge in [-0.2, -0.15) is 0 Å². The van der Waals surface area contributed by atoms with Crippen molar-refractivity contribution in [1.29, 1.82) is 0 Å². The topological polar surface area (TPSA) is 120 Å². The highest BCUT2D eigenvalue weighted by Crippen LogP contribution is 2.37. The fourth-order valence-electron chi connectivity index (χ4n) is 3.70. The molecular formula is C25H20N6O3S.